The number of aliphatic hydroxyl groups is 5. The molecule has 1 fully saturated rings. The van der Waals surface area contributed by atoms with Gasteiger partial charge in [-0.1, -0.05) is 0 Å². The Morgan fingerprint density at radius 1 is 0.718 bits per heavy atom. The minimum atomic E-state index is -2.48. The van der Waals surface area contributed by atoms with E-state index in [0.29, 0.717) is 33.0 Å². The molecule has 1 aliphatic rings. The van der Waals surface area contributed by atoms with Crippen molar-refractivity contribution in [3.8, 4) is 0 Å². The van der Waals surface area contributed by atoms with E-state index in [1.54, 1.807) is 0 Å². The number of hydrogen-bond donors (Lipinski definition) is 5. The molecule has 1 heterocycles. The van der Waals surface area contributed by atoms with Crippen LogP contribution in [0.5, 0.6) is 0 Å². The lowest BCUT2D eigenvalue weighted by Crippen LogP contribution is -2.47. The summed E-state index contributed by atoms with van der Waals surface area (Å²) in [4.78, 5) is 24.7. The lowest BCUT2D eigenvalue weighted by molar-refractivity contribution is -0.388. The van der Waals surface area contributed by atoms with Crippen LogP contribution in [0.2, 0.25) is 0 Å². The van der Waals surface area contributed by atoms with E-state index in [-0.39, 0.29) is 39.5 Å². The Morgan fingerprint density at radius 2 is 1.18 bits per heavy atom. The second kappa shape index (κ2) is 22.2. The molecule has 0 aliphatic carbocycles. The molecule has 0 radical (unpaired) electrons. The fraction of sp³-hybridized carbons (Fsp3) is 0.913. The zero-order valence-corrected chi connectivity index (χ0v) is 22.0. The summed E-state index contributed by atoms with van der Waals surface area (Å²) < 4.78 is 47.5. The maximum atomic E-state index is 12.7. The van der Waals surface area contributed by atoms with Crippen molar-refractivity contribution in [2.45, 2.75) is 37.1 Å². The summed E-state index contributed by atoms with van der Waals surface area (Å²) in [5, 5.41) is 47.6. The highest BCUT2D eigenvalue weighted by atomic mass is 16.8. The van der Waals surface area contributed by atoms with Gasteiger partial charge in [-0.15, -0.1) is 0 Å². The third-order valence-electron chi connectivity index (χ3n) is 4.80. The van der Waals surface area contributed by atoms with E-state index in [2.05, 4.69) is 0 Å². The van der Waals surface area contributed by atoms with Crippen LogP contribution in [0.25, 0.3) is 0 Å². The van der Waals surface area contributed by atoms with Crippen LogP contribution in [0.1, 0.15) is 12.8 Å². The molecule has 16 nitrogen and oxygen atoms in total. The van der Waals surface area contributed by atoms with Crippen molar-refractivity contribution in [2.24, 2.45) is 0 Å². The van der Waals surface area contributed by atoms with Gasteiger partial charge in [0.1, 0.15) is 32.0 Å². The fourth-order valence-corrected chi connectivity index (χ4v) is 2.78. The molecule has 0 amide bonds. The predicted molar refractivity (Wildman–Crippen MR) is 127 cm³/mol. The zero-order chi connectivity index (χ0) is 28.8. The second-order valence-electron chi connectivity index (χ2n) is 8.19. The molecule has 1 rings (SSSR count). The van der Waals surface area contributed by atoms with Crippen molar-refractivity contribution in [1.29, 1.82) is 0 Å². The standard InChI is InChI=1S/C23H42O16/c24-13-18(26)15-36-21(28)2-1-20(22(29)37-16-19(27)14-25)39-23(30)17-35-10-9-33-6-5-31-3-4-32-7-8-34-11-12-38-23/h18-20,24-27,30H,1-17H2. The average molecular weight is 575 g/mol. The highest BCUT2D eigenvalue weighted by molar-refractivity contribution is 5.76. The Morgan fingerprint density at radius 3 is 1.69 bits per heavy atom. The smallest absolute Gasteiger partial charge is 0.335 e. The molecular weight excluding hydrogens is 532 g/mol. The first-order chi connectivity index (χ1) is 18.8. The molecular formula is C23H42O16. The number of aliphatic hydroxyl groups excluding tert-OH is 4. The summed E-state index contributed by atoms with van der Waals surface area (Å²) in [5.41, 5.74) is 0. The molecule has 5 N–H and O–H groups in total. The highest BCUT2D eigenvalue weighted by Crippen LogP contribution is 2.18. The maximum absolute atomic E-state index is 12.7. The van der Waals surface area contributed by atoms with Crippen LogP contribution in [0.3, 0.4) is 0 Å². The molecule has 1 aliphatic heterocycles. The number of ether oxygens (including phenoxy) is 9. The molecule has 0 saturated carbocycles. The van der Waals surface area contributed by atoms with Gasteiger partial charge in [0.05, 0.1) is 79.3 Å². The molecule has 4 unspecified atom stereocenters. The molecule has 1 saturated heterocycles. The Labute approximate surface area is 226 Å². The molecule has 0 aromatic rings. The van der Waals surface area contributed by atoms with Crippen LogP contribution < -0.4 is 0 Å². The Hall–Kier alpha value is -1.54. The first kappa shape index (κ1) is 35.5. The summed E-state index contributed by atoms with van der Waals surface area (Å²) in [6, 6.07) is 0. The molecule has 0 aromatic heterocycles. The predicted octanol–water partition coefficient (Wildman–Crippen LogP) is -3.30. The van der Waals surface area contributed by atoms with Crippen molar-refractivity contribution in [2.75, 3.05) is 99.1 Å². The van der Waals surface area contributed by atoms with Gasteiger partial charge in [-0.3, -0.25) is 4.79 Å². The van der Waals surface area contributed by atoms with Crippen LogP contribution >= 0.6 is 0 Å². The molecule has 0 spiro atoms. The van der Waals surface area contributed by atoms with Gasteiger partial charge in [0.15, 0.2) is 6.10 Å². The minimum Gasteiger partial charge on any atom is -0.463 e. The lowest BCUT2D eigenvalue weighted by Gasteiger charge is -2.31. The van der Waals surface area contributed by atoms with E-state index in [1.807, 2.05) is 0 Å². The number of carbonyl (C=O) groups is 2. The zero-order valence-electron chi connectivity index (χ0n) is 22.0. The molecule has 39 heavy (non-hydrogen) atoms. The van der Waals surface area contributed by atoms with Gasteiger partial charge in [-0.25, -0.2) is 4.79 Å². The van der Waals surface area contributed by atoms with Crippen molar-refractivity contribution >= 4 is 11.9 Å². The van der Waals surface area contributed by atoms with E-state index in [0.717, 1.165) is 0 Å². The van der Waals surface area contributed by atoms with E-state index in [1.165, 1.54) is 0 Å². The van der Waals surface area contributed by atoms with Gasteiger partial charge in [-0.05, 0) is 6.42 Å². The van der Waals surface area contributed by atoms with Gasteiger partial charge in [0, 0.05) is 6.42 Å². The highest BCUT2D eigenvalue weighted by Gasteiger charge is 2.37. The Bertz CT molecular complexity index is 617. The summed E-state index contributed by atoms with van der Waals surface area (Å²) in [6.07, 6.45) is -4.99. The summed E-state index contributed by atoms with van der Waals surface area (Å²) >= 11 is 0. The minimum absolute atomic E-state index is 0.0337. The van der Waals surface area contributed by atoms with Crippen molar-refractivity contribution in [3.63, 3.8) is 0 Å². The van der Waals surface area contributed by atoms with Crippen LogP contribution in [0, 0.1) is 0 Å². The van der Waals surface area contributed by atoms with Crippen molar-refractivity contribution < 1.29 is 77.8 Å². The van der Waals surface area contributed by atoms with Crippen molar-refractivity contribution in [3.05, 3.63) is 0 Å². The Kier molecular flexibility index (Phi) is 20.2. The fourth-order valence-electron chi connectivity index (χ4n) is 2.78. The van der Waals surface area contributed by atoms with E-state index < -0.39 is 75.7 Å². The number of hydrogen-bond acceptors (Lipinski definition) is 16. The van der Waals surface area contributed by atoms with Crippen molar-refractivity contribution in [1.82, 2.24) is 0 Å². The Balaban J connectivity index is 2.82. The maximum Gasteiger partial charge on any atom is 0.335 e. The third-order valence-corrected chi connectivity index (χ3v) is 4.80. The SMILES string of the molecule is O=C(CCC(OC1(O)COCCOCCOCCOCCOCCO1)C(=O)OCC(O)CO)OCC(O)CO. The first-order valence-corrected chi connectivity index (χ1v) is 12.6. The van der Waals surface area contributed by atoms with Gasteiger partial charge in [0.25, 0.3) is 0 Å². The number of rotatable bonds is 12. The van der Waals surface area contributed by atoms with Gasteiger partial charge < -0.3 is 68.2 Å². The van der Waals surface area contributed by atoms with Crippen LogP contribution in [-0.4, -0.2) is 161 Å². The normalized spacial score (nSPS) is 23.5. The largest absolute Gasteiger partial charge is 0.463 e. The second-order valence-corrected chi connectivity index (χ2v) is 8.19. The van der Waals surface area contributed by atoms with E-state index >= 15 is 0 Å². The van der Waals surface area contributed by atoms with E-state index in [4.69, 9.17) is 52.8 Å². The van der Waals surface area contributed by atoms with Gasteiger partial charge in [0.2, 0.25) is 0 Å². The summed E-state index contributed by atoms with van der Waals surface area (Å²) in [5.74, 6) is -4.38. The molecule has 16 heteroatoms. The van der Waals surface area contributed by atoms with Crippen LogP contribution in [-0.2, 0) is 52.2 Å². The van der Waals surface area contributed by atoms with Gasteiger partial charge >= 0.3 is 17.9 Å². The molecule has 0 aromatic carbocycles. The number of esters is 2. The average Bonchev–Trinajstić information content (AvgIpc) is 2.93. The van der Waals surface area contributed by atoms with Gasteiger partial charge in [-0.2, -0.15) is 0 Å². The molecule has 0 bridgehead atoms. The van der Waals surface area contributed by atoms with Crippen LogP contribution in [0.15, 0.2) is 0 Å². The van der Waals surface area contributed by atoms with E-state index in [9.17, 15) is 24.9 Å². The first-order valence-electron chi connectivity index (χ1n) is 12.6. The quantitative estimate of drug-likeness (QED) is 0.114. The topological polar surface area (TPSA) is 218 Å². The molecule has 4 atom stereocenters. The number of carbonyl (C=O) groups excluding carboxylic acids is 2. The monoisotopic (exact) mass is 574 g/mol. The third kappa shape index (κ3) is 18.4. The van der Waals surface area contributed by atoms with Crippen LogP contribution in [0.4, 0.5) is 0 Å². The summed E-state index contributed by atoms with van der Waals surface area (Å²) in [6.45, 7) is -0.808. The molecule has 230 valence electrons. The summed E-state index contributed by atoms with van der Waals surface area (Å²) in [7, 11) is 0. The lowest BCUT2D eigenvalue weighted by atomic mass is 10.2.